The monoisotopic (exact) mass is 367 g/mol. The average molecular weight is 368 g/mol. The summed E-state index contributed by atoms with van der Waals surface area (Å²) in [5.74, 6) is 0.823. The van der Waals surface area contributed by atoms with E-state index in [1.165, 1.54) is 6.07 Å². The van der Waals surface area contributed by atoms with E-state index in [-0.39, 0.29) is 30.7 Å². The molecular weight excluding hydrogens is 345 g/mol. The Labute approximate surface area is 153 Å². The minimum absolute atomic E-state index is 0. The molecule has 0 atom stereocenters. The van der Waals surface area contributed by atoms with E-state index in [4.69, 9.17) is 4.42 Å². The lowest BCUT2D eigenvalue weighted by Gasteiger charge is -2.29. The van der Waals surface area contributed by atoms with Gasteiger partial charge in [0.05, 0.1) is 11.3 Å². The van der Waals surface area contributed by atoms with Crippen molar-refractivity contribution in [1.82, 2.24) is 10.6 Å². The normalized spacial score (nSPS) is 14.1. The van der Waals surface area contributed by atoms with Crippen LogP contribution in [-0.2, 0) is 6.54 Å². The van der Waals surface area contributed by atoms with Gasteiger partial charge in [-0.15, -0.1) is 12.4 Å². The number of piperazine rings is 1. The molecule has 3 rings (SSSR count). The number of rotatable bonds is 4. The molecular formula is C18H23ClFN3O2. The molecule has 0 saturated carbocycles. The second-order valence-electron chi connectivity index (χ2n) is 6.03. The molecule has 7 heteroatoms. The molecule has 1 aliphatic rings. The first kappa shape index (κ1) is 19.3. The number of anilines is 1. The van der Waals surface area contributed by atoms with E-state index < -0.39 is 0 Å². The zero-order valence-electron chi connectivity index (χ0n) is 14.4. The van der Waals surface area contributed by atoms with Gasteiger partial charge < -0.3 is 20.0 Å². The third-order valence-corrected chi connectivity index (χ3v) is 4.21. The van der Waals surface area contributed by atoms with Gasteiger partial charge in [-0.2, -0.15) is 0 Å². The highest BCUT2D eigenvalue weighted by molar-refractivity contribution is 5.95. The molecule has 2 N–H and O–H groups in total. The zero-order valence-corrected chi connectivity index (χ0v) is 15.2. The summed E-state index contributed by atoms with van der Waals surface area (Å²) in [6, 6.07) is 6.84. The van der Waals surface area contributed by atoms with Crippen LogP contribution in [0.25, 0.3) is 0 Å². The van der Waals surface area contributed by atoms with Crippen LogP contribution in [0.4, 0.5) is 10.1 Å². The van der Waals surface area contributed by atoms with Gasteiger partial charge in [-0.25, -0.2) is 4.39 Å². The Morgan fingerprint density at radius 3 is 2.60 bits per heavy atom. The Kier molecular flexibility index (Phi) is 6.45. The molecule has 0 unspecified atom stereocenters. The summed E-state index contributed by atoms with van der Waals surface area (Å²) in [7, 11) is 0. The summed E-state index contributed by atoms with van der Waals surface area (Å²) in [6.45, 7) is 7.15. The number of aryl methyl sites for hydroxylation is 2. The van der Waals surface area contributed by atoms with Gasteiger partial charge >= 0.3 is 0 Å². The third kappa shape index (κ3) is 4.52. The molecule has 2 aromatic rings. The van der Waals surface area contributed by atoms with Crippen molar-refractivity contribution >= 4 is 24.0 Å². The minimum atomic E-state index is -0.251. The number of hydrogen-bond acceptors (Lipinski definition) is 4. The van der Waals surface area contributed by atoms with E-state index in [1.807, 2.05) is 11.0 Å². The maximum atomic E-state index is 14.4. The number of nitrogens with one attached hydrogen (secondary N) is 2. The van der Waals surface area contributed by atoms with Crippen molar-refractivity contribution in [2.24, 2.45) is 0 Å². The van der Waals surface area contributed by atoms with Gasteiger partial charge in [-0.05, 0) is 37.6 Å². The summed E-state index contributed by atoms with van der Waals surface area (Å²) in [6.07, 6.45) is 0. The molecule has 136 valence electrons. The third-order valence-electron chi connectivity index (χ3n) is 4.21. The van der Waals surface area contributed by atoms with Crippen LogP contribution in [0.1, 0.15) is 27.4 Å². The van der Waals surface area contributed by atoms with Crippen molar-refractivity contribution in [2.45, 2.75) is 20.4 Å². The number of halogens is 2. The second kappa shape index (κ2) is 8.36. The fourth-order valence-electron chi connectivity index (χ4n) is 2.96. The van der Waals surface area contributed by atoms with E-state index in [2.05, 4.69) is 10.6 Å². The zero-order chi connectivity index (χ0) is 17.1. The number of hydrogen-bond donors (Lipinski definition) is 2. The fourth-order valence-corrected chi connectivity index (χ4v) is 2.96. The number of nitrogens with zero attached hydrogens (tertiary/aromatic N) is 1. The lowest BCUT2D eigenvalue weighted by molar-refractivity contribution is 0.0949. The maximum Gasteiger partial charge on any atom is 0.255 e. The number of carbonyl (C=O) groups is 1. The molecule has 1 amide bonds. The molecule has 25 heavy (non-hydrogen) atoms. The van der Waals surface area contributed by atoms with E-state index in [0.717, 1.165) is 31.7 Å². The van der Waals surface area contributed by atoms with Crippen LogP contribution in [0.3, 0.4) is 0 Å². The Bertz CT molecular complexity index is 742. The summed E-state index contributed by atoms with van der Waals surface area (Å²) in [4.78, 5) is 14.2. The van der Waals surface area contributed by atoms with Crippen molar-refractivity contribution in [1.29, 1.82) is 0 Å². The summed E-state index contributed by atoms with van der Waals surface area (Å²) in [5.41, 5.74) is 1.87. The standard InChI is InChI=1S/C18H22FN3O2.ClH/c1-12-9-15(13(2)24-12)18(23)21-11-14-3-4-17(16(19)10-14)22-7-5-20-6-8-22;/h3-4,9-10,20H,5-8,11H2,1-2H3,(H,21,23);1H. The highest BCUT2D eigenvalue weighted by Crippen LogP contribution is 2.21. The largest absolute Gasteiger partial charge is 0.466 e. The molecule has 0 aliphatic carbocycles. The van der Waals surface area contributed by atoms with Crippen LogP contribution in [-0.4, -0.2) is 32.1 Å². The van der Waals surface area contributed by atoms with Crippen LogP contribution in [0, 0.1) is 19.7 Å². The summed E-state index contributed by atoms with van der Waals surface area (Å²) in [5, 5.41) is 6.06. The quantitative estimate of drug-likeness (QED) is 0.872. The molecule has 1 aromatic carbocycles. The van der Waals surface area contributed by atoms with Gasteiger partial charge in [-0.3, -0.25) is 4.79 Å². The molecule has 0 bridgehead atoms. The smallest absolute Gasteiger partial charge is 0.255 e. The maximum absolute atomic E-state index is 14.4. The Morgan fingerprint density at radius 1 is 1.28 bits per heavy atom. The number of amides is 1. The Balaban J connectivity index is 0.00000225. The molecule has 1 aliphatic heterocycles. The summed E-state index contributed by atoms with van der Waals surface area (Å²) >= 11 is 0. The average Bonchev–Trinajstić information content (AvgIpc) is 2.92. The van der Waals surface area contributed by atoms with Crippen molar-refractivity contribution < 1.29 is 13.6 Å². The van der Waals surface area contributed by atoms with Crippen molar-refractivity contribution in [3.8, 4) is 0 Å². The van der Waals surface area contributed by atoms with Gasteiger partial charge in [0, 0.05) is 32.7 Å². The highest BCUT2D eigenvalue weighted by atomic mass is 35.5. The van der Waals surface area contributed by atoms with Crippen LogP contribution < -0.4 is 15.5 Å². The number of benzene rings is 1. The van der Waals surface area contributed by atoms with E-state index in [1.54, 1.807) is 26.0 Å². The Morgan fingerprint density at radius 2 is 2.00 bits per heavy atom. The first-order valence-corrected chi connectivity index (χ1v) is 8.14. The SMILES string of the molecule is Cc1cc(C(=O)NCc2ccc(N3CCNCC3)c(F)c2)c(C)o1.Cl. The fraction of sp³-hybridized carbons (Fsp3) is 0.389. The molecule has 2 heterocycles. The van der Waals surface area contributed by atoms with Gasteiger partial charge in [0.25, 0.3) is 5.91 Å². The first-order valence-electron chi connectivity index (χ1n) is 8.14. The van der Waals surface area contributed by atoms with Gasteiger partial charge in [0.2, 0.25) is 0 Å². The Hall–Kier alpha value is -2.05. The lowest BCUT2D eigenvalue weighted by Crippen LogP contribution is -2.43. The molecule has 1 fully saturated rings. The molecule has 5 nitrogen and oxygen atoms in total. The lowest BCUT2D eigenvalue weighted by atomic mass is 10.1. The number of carbonyl (C=O) groups excluding carboxylic acids is 1. The minimum Gasteiger partial charge on any atom is -0.466 e. The molecule has 1 aromatic heterocycles. The van der Waals surface area contributed by atoms with Gasteiger partial charge in [0.1, 0.15) is 17.3 Å². The molecule has 0 spiro atoms. The van der Waals surface area contributed by atoms with Crippen LogP contribution >= 0.6 is 12.4 Å². The van der Waals surface area contributed by atoms with Crippen molar-refractivity contribution in [3.05, 3.63) is 52.7 Å². The predicted octanol–water partition coefficient (Wildman–Crippen LogP) is 2.80. The predicted molar refractivity (Wildman–Crippen MR) is 98.1 cm³/mol. The van der Waals surface area contributed by atoms with Crippen LogP contribution in [0.15, 0.2) is 28.7 Å². The molecule has 1 saturated heterocycles. The number of furan rings is 1. The van der Waals surface area contributed by atoms with Crippen LogP contribution in [0.2, 0.25) is 0 Å². The van der Waals surface area contributed by atoms with Gasteiger partial charge in [0.15, 0.2) is 0 Å². The summed E-state index contributed by atoms with van der Waals surface area (Å²) < 4.78 is 19.7. The van der Waals surface area contributed by atoms with E-state index >= 15 is 0 Å². The van der Waals surface area contributed by atoms with Crippen LogP contribution in [0.5, 0.6) is 0 Å². The second-order valence-corrected chi connectivity index (χ2v) is 6.03. The topological polar surface area (TPSA) is 57.5 Å². The van der Waals surface area contributed by atoms with E-state index in [0.29, 0.717) is 22.8 Å². The first-order chi connectivity index (χ1) is 11.5. The van der Waals surface area contributed by atoms with E-state index in [9.17, 15) is 9.18 Å². The van der Waals surface area contributed by atoms with Crippen molar-refractivity contribution in [3.63, 3.8) is 0 Å². The van der Waals surface area contributed by atoms with Crippen molar-refractivity contribution in [2.75, 3.05) is 31.1 Å². The molecule has 0 radical (unpaired) electrons. The highest BCUT2D eigenvalue weighted by Gasteiger charge is 2.16. The van der Waals surface area contributed by atoms with Gasteiger partial charge in [-0.1, -0.05) is 6.07 Å².